The van der Waals surface area contributed by atoms with Crippen LogP contribution in [0.15, 0.2) is 48.9 Å². The minimum absolute atomic E-state index is 0.0129. The summed E-state index contributed by atoms with van der Waals surface area (Å²) in [5, 5.41) is 6.96. The number of likely N-dealkylation sites (tertiary alicyclic amines) is 1. The van der Waals surface area contributed by atoms with Gasteiger partial charge in [-0.2, -0.15) is 4.98 Å². The number of benzene rings is 1. The third-order valence-electron chi connectivity index (χ3n) is 4.55. The van der Waals surface area contributed by atoms with E-state index in [0.717, 1.165) is 0 Å². The highest BCUT2D eigenvalue weighted by Crippen LogP contribution is 2.20. The molecule has 0 atom stereocenters. The Morgan fingerprint density at radius 1 is 1.12 bits per heavy atom. The summed E-state index contributed by atoms with van der Waals surface area (Å²) in [5.74, 6) is 0.0185. The highest BCUT2D eigenvalue weighted by molar-refractivity contribution is 5.95. The van der Waals surface area contributed by atoms with Gasteiger partial charge < -0.3 is 4.90 Å². The smallest absolute Gasteiger partial charge is 0.253 e. The number of hydrogen-bond donors (Lipinski definition) is 1. The van der Waals surface area contributed by atoms with Gasteiger partial charge in [-0.3, -0.25) is 19.9 Å². The van der Waals surface area contributed by atoms with Crippen LogP contribution < -0.4 is 5.32 Å². The van der Waals surface area contributed by atoms with E-state index in [2.05, 4.69) is 20.4 Å². The number of fused-ring (bicyclic) bond motifs is 1. The number of carbonyl (C=O) groups excluding carboxylic acids is 2. The molecule has 0 unspecified atom stereocenters. The summed E-state index contributed by atoms with van der Waals surface area (Å²) in [4.78, 5) is 34.9. The molecule has 0 saturated carbocycles. The fourth-order valence-corrected chi connectivity index (χ4v) is 3.12. The van der Waals surface area contributed by atoms with Crippen LogP contribution in [0.2, 0.25) is 0 Å². The molecule has 4 rings (SSSR count). The summed E-state index contributed by atoms with van der Waals surface area (Å²) < 4.78 is 1.56. The van der Waals surface area contributed by atoms with Crippen LogP contribution in [0.25, 0.3) is 5.65 Å². The molecule has 1 aromatic carbocycles. The molecule has 8 nitrogen and oxygen atoms in total. The zero-order valence-corrected chi connectivity index (χ0v) is 14.1. The predicted octanol–water partition coefficient (Wildman–Crippen LogP) is 1.62. The molecule has 1 aliphatic heterocycles. The van der Waals surface area contributed by atoms with Gasteiger partial charge in [0.15, 0.2) is 5.65 Å². The van der Waals surface area contributed by atoms with Crippen molar-refractivity contribution in [2.75, 3.05) is 18.4 Å². The average Bonchev–Trinajstić information content (AvgIpc) is 3.10. The SMILES string of the molecule is O=C(Nc1nc2cnccn2n1)C1CCN(C(=O)c2ccccc2)CC1. The minimum atomic E-state index is -0.153. The van der Waals surface area contributed by atoms with Crippen LogP contribution in [-0.4, -0.2) is 49.4 Å². The largest absolute Gasteiger partial charge is 0.339 e. The normalized spacial score (nSPS) is 15.2. The number of piperidine rings is 1. The molecule has 2 aromatic heterocycles. The van der Waals surface area contributed by atoms with Gasteiger partial charge in [0.25, 0.3) is 5.91 Å². The first-order chi connectivity index (χ1) is 12.7. The van der Waals surface area contributed by atoms with Crippen LogP contribution in [0.4, 0.5) is 5.95 Å². The van der Waals surface area contributed by atoms with Crippen molar-refractivity contribution in [2.45, 2.75) is 12.8 Å². The van der Waals surface area contributed by atoms with Crippen molar-refractivity contribution in [3.63, 3.8) is 0 Å². The monoisotopic (exact) mass is 350 g/mol. The first-order valence-corrected chi connectivity index (χ1v) is 8.52. The van der Waals surface area contributed by atoms with Gasteiger partial charge in [-0.1, -0.05) is 18.2 Å². The Balaban J connectivity index is 1.35. The summed E-state index contributed by atoms with van der Waals surface area (Å²) >= 11 is 0. The second kappa shape index (κ2) is 6.91. The zero-order valence-electron chi connectivity index (χ0n) is 14.1. The van der Waals surface area contributed by atoms with Crippen LogP contribution in [0, 0.1) is 5.92 Å². The van der Waals surface area contributed by atoms with Crippen LogP contribution >= 0.6 is 0 Å². The Hall–Kier alpha value is -3.29. The molecular formula is C18H18N6O2. The maximum Gasteiger partial charge on any atom is 0.253 e. The van der Waals surface area contributed by atoms with Crippen molar-refractivity contribution < 1.29 is 9.59 Å². The molecule has 1 fully saturated rings. The van der Waals surface area contributed by atoms with Gasteiger partial charge in [0.1, 0.15) is 0 Å². The van der Waals surface area contributed by atoms with E-state index >= 15 is 0 Å². The highest BCUT2D eigenvalue weighted by atomic mass is 16.2. The molecular weight excluding hydrogens is 332 g/mol. The molecule has 3 aromatic rings. The molecule has 2 amide bonds. The number of rotatable bonds is 3. The van der Waals surface area contributed by atoms with Gasteiger partial charge in [0.2, 0.25) is 11.9 Å². The van der Waals surface area contributed by atoms with Crippen LogP contribution in [0.1, 0.15) is 23.2 Å². The van der Waals surface area contributed by atoms with Crippen LogP contribution in [0.5, 0.6) is 0 Å². The molecule has 1 aliphatic rings. The number of nitrogens with zero attached hydrogens (tertiary/aromatic N) is 5. The van der Waals surface area contributed by atoms with E-state index < -0.39 is 0 Å². The van der Waals surface area contributed by atoms with Crippen molar-refractivity contribution in [3.8, 4) is 0 Å². The number of aromatic nitrogens is 4. The predicted molar refractivity (Wildman–Crippen MR) is 94.5 cm³/mol. The third kappa shape index (κ3) is 3.26. The molecule has 0 spiro atoms. The Morgan fingerprint density at radius 3 is 2.62 bits per heavy atom. The van der Waals surface area contributed by atoms with E-state index in [9.17, 15) is 9.59 Å². The molecule has 8 heteroatoms. The molecule has 0 radical (unpaired) electrons. The summed E-state index contributed by atoms with van der Waals surface area (Å²) in [6, 6.07) is 9.21. The van der Waals surface area contributed by atoms with E-state index in [1.165, 1.54) is 0 Å². The van der Waals surface area contributed by atoms with E-state index in [1.807, 2.05) is 30.3 Å². The van der Waals surface area contributed by atoms with E-state index in [4.69, 9.17) is 0 Å². The topological polar surface area (TPSA) is 92.5 Å². The van der Waals surface area contributed by atoms with Crippen molar-refractivity contribution in [1.82, 2.24) is 24.5 Å². The van der Waals surface area contributed by atoms with E-state index in [-0.39, 0.29) is 23.7 Å². The maximum absolute atomic E-state index is 12.5. The highest BCUT2D eigenvalue weighted by Gasteiger charge is 2.28. The lowest BCUT2D eigenvalue weighted by Crippen LogP contribution is -2.41. The van der Waals surface area contributed by atoms with Gasteiger partial charge in [0.05, 0.1) is 6.20 Å². The van der Waals surface area contributed by atoms with Gasteiger partial charge in [-0.25, -0.2) is 4.52 Å². The lowest BCUT2D eigenvalue weighted by atomic mass is 9.95. The van der Waals surface area contributed by atoms with Crippen molar-refractivity contribution in [1.29, 1.82) is 0 Å². The molecule has 1 N–H and O–H groups in total. The number of carbonyl (C=O) groups is 2. The summed E-state index contributed by atoms with van der Waals surface area (Å²) in [7, 11) is 0. The van der Waals surface area contributed by atoms with Crippen molar-refractivity contribution >= 4 is 23.4 Å². The maximum atomic E-state index is 12.5. The Bertz CT molecular complexity index is 898. The number of nitrogens with one attached hydrogen (secondary N) is 1. The molecule has 0 bridgehead atoms. The van der Waals surface area contributed by atoms with Crippen LogP contribution in [0.3, 0.4) is 0 Å². The number of hydrogen-bond acceptors (Lipinski definition) is 5. The number of amides is 2. The summed E-state index contributed by atoms with van der Waals surface area (Å²) in [6.07, 6.45) is 6.10. The minimum Gasteiger partial charge on any atom is -0.339 e. The summed E-state index contributed by atoms with van der Waals surface area (Å²) in [6.45, 7) is 1.13. The quantitative estimate of drug-likeness (QED) is 0.775. The fourth-order valence-electron chi connectivity index (χ4n) is 3.12. The van der Waals surface area contributed by atoms with Gasteiger partial charge >= 0.3 is 0 Å². The fraction of sp³-hybridized carbons (Fsp3) is 0.278. The molecule has 132 valence electrons. The van der Waals surface area contributed by atoms with Gasteiger partial charge in [-0.15, -0.1) is 5.10 Å². The lowest BCUT2D eigenvalue weighted by molar-refractivity contribution is -0.121. The molecule has 0 aliphatic carbocycles. The second-order valence-electron chi connectivity index (χ2n) is 6.24. The second-order valence-corrected chi connectivity index (χ2v) is 6.24. The van der Waals surface area contributed by atoms with Crippen molar-refractivity contribution in [3.05, 3.63) is 54.5 Å². The van der Waals surface area contributed by atoms with Gasteiger partial charge in [0, 0.05) is 37.0 Å². The summed E-state index contributed by atoms with van der Waals surface area (Å²) in [5.41, 5.74) is 1.25. The first-order valence-electron chi connectivity index (χ1n) is 8.52. The van der Waals surface area contributed by atoms with Crippen LogP contribution in [-0.2, 0) is 4.79 Å². The zero-order chi connectivity index (χ0) is 17.9. The first kappa shape index (κ1) is 16.2. The average molecular weight is 350 g/mol. The van der Waals surface area contributed by atoms with E-state index in [0.29, 0.717) is 37.1 Å². The Morgan fingerprint density at radius 2 is 1.88 bits per heavy atom. The van der Waals surface area contributed by atoms with E-state index in [1.54, 1.807) is 28.0 Å². The van der Waals surface area contributed by atoms with Crippen molar-refractivity contribution in [2.24, 2.45) is 5.92 Å². The van der Waals surface area contributed by atoms with Gasteiger partial charge in [-0.05, 0) is 25.0 Å². The Kier molecular flexibility index (Phi) is 4.30. The molecule has 3 heterocycles. The number of anilines is 1. The molecule has 1 saturated heterocycles. The standard InChI is InChI=1S/C18H18N6O2/c25-16(21-18-20-15-12-19-8-11-24(15)22-18)13-6-9-23(10-7-13)17(26)14-4-2-1-3-5-14/h1-5,8,11-13H,6-7,9-10H2,(H,21,22,25). The third-order valence-corrected chi connectivity index (χ3v) is 4.55. The Labute approximate surface area is 149 Å². The molecule has 26 heavy (non-hydrogen) atoms. The lowest BCUT2D eigenvalue weighted by Gasteiger charge is -2.31.